The summed E-state index contributed by atoms with van der Waals surface area (Å²) in [7, 11) is 1.56. The topological polar surface area (TPSA) is 105 Å². The second-order valence-corrected chi connectivity index (χ2v) is 6.44. The quantitative estimate of drug-likeness (QED) is 0.220. The first kappa shape index (κ1) is 21.5. The van der Waals surface area contributed by atoms with Crippen LogP contribution in [0.2, 0.25) is 0 Å². The van der Waals surface area contributed by atoms with Crippen molar-refractivity contribution in [2.45, 2.75) is 6.61 Å². The minimum absolute atomic E-state index is 0.103. The van der Waals surface area contributed by atoms with Gasteiger partial charge in [-0.3, -0.25) is 14.9 Å². The van der Waals surface area contributed by atoms with Gasteiger partial charge in [-0.25, -0.2) is 4.79 Å². The number of hydrogen-bond acceptors (Lipinski definition) is 7. The number of nitrogens with zero attached hydrogens (tertiary/aromatic N) is 1. The summed E-state index contributed by atoms with van der Waals surface area (Å²) in [5.74, 6) is 0.0270. The molecular formula is C23H19NO7. The lowest BCUT2D eigenvalue weighted by Crippen LogP contribution is -2.14. The molecule has 0 atom stereocenters. The third-order valence-electron chi connectivity index (χ3n) is 4.37. The highest BCUT2D eigenvalue weighted by Gasteiger charge is 2.15. The number of benzene rings is 3. The number of rotatable bonds is 9. The van der Waals surface area contributed by atoms with Gasteiger partial charge in [-0.2, -0.15) is 0 Å². The average molecular weight is 421 g/mol. The van der Waals surface area contributed by atoms with E-state index in [4.69, 9.17) is 14.2 Å². The molecule has 8 heteroatoms. The summed E-state index contributed by atoms with van der Waals surface area (Å²) in [5.41, 5.74) is 0.997. The van der Waals surface area contributed by atoms with E-state index >= 15 is 0 Å². The number of hydrogen-bond donors (Lipinski definition) is 0. The third kappa shape index (κ3) is 5.66. The predicted molar refractivity (Wildman–Crippen MR) is 111 cm³/mol. The van der Waals surface area contributed by atoms with Crippen molar-refractivity contribution < 1.29 is 28.7 Å². The standard InChI is InChI=1S/C23H19NO7/c1-29-21-7-2-3-8-22(21)30-14-16-9-11-17(12-10-16)23(26)31-15-20(25)18-5-4-6-19(13-18)24(27)28/h2-13H,14-15H2,1H3. The van der Waals surface area contributed by atoms with E-state index in [1.54, 1.807) is 43.5 Å². The van der Waals surface area contributed by atoms with Gasteiger partial charge in [0.15, 0.2) is 18.1 Å². The summed E-state index contributed by atoms with van der Waals surface area (Å²) in [6, 6.07) is 19.1. The van der Waals surface area contributed by atoms with E-state index in [0.717, 1.165) is 11.6 Å². The number of Topliss-reactive ketones (excluding diaryl/α,β-unsaturated/α-hetero) is 1. The summed E-state index contributed by atoms with van der Waals surface area (Å²) in [6.45, 7) is -0.236. The molecule has 0 bridgehead atoms. The van der Waals surface area contributed by atoms with Crippen molar-refractivity contribution >= 4 is 17.4 Å². The van der Waals surface area contributed by atoms with Crippen LogP contribution in [0.5, 0.6) is 11.5 Å². The van der Waals surface area contributed by atoms with Crippen molar-refractivity contribution in [3.05, 3.63) is 99.6 Å². The molecule has 0 saturated heterocycles. The van der Waals surface area contributed by atoms with Crippen LogP contribution in [0.25, 0.3) is 0 Å². The highest BCUT2D eigenvalue weighted by atomic mass is 16.6. The van der Waals surface area contributed by atoms with Crippen molar-refractivity contribution in [3.8, 4) is 11.5 Å². The van der Waals surface area contributed by atoms with E-state index in [1.807, 2.05) is 12.1 Å². The summed E-state index contributed by atoms with van der Waals surface area (Å²) in [5, 5.41) is 10.8. The molecular weight excluding hydrogens is 402 g/mol. The maximum Gasteiger partial charge on any atom is 0.338 e. The highest BCUT2D eigenvalue weighted by Crippen LogP contribution is 2.26. The van der Waals surface area contributed by atoms with Crippen molar-refractivity contribution in [2.75, 3.05) is 13.7 Å². The van der Waals surface area contributed by atoms with Gasteiger partial charge in [-0.05, 0) is 29.8 Å². The van der Waals surface area contributed by atoms with Crippen LogP contribution in [0, 0.1) is 10.1 Å². The van der Waals surface area contributed by atoms with Crippen molar-refractivity contribution in [1.29, 1.82) is 0 Å². The number of para-hydroxylation sites is 2. The molecule has 0 saturated carbocycles. The van der Waals surface area contributed by atoms with Gasteiger partial charge < -0.3 is 14.2 Å². The van der Waals surface area contributed by atoms with E-state index < -0.39 is 23.3 Å². The molecule has 3 rings (SSSR count). The summed E-state index contributed by atoms with van der Waals surface area (Å²) in [6.07, 6.45) is 0. The molecule has 0 radical (unpaired) electrons. The Kier molecular flexibility index (Phi) is 6.95. The molecule has 3 aromatic carbocycles. The fourth-order valence-corrected chi connectivity index (χ4v) is 2.73. The number of carbonyl (C=O) groups excluding carboxylic acids is 2. The Labute approximate surface area is 178 Å². The normalized spacial score (nSPS) is 10.2. The van der Waals surface area contributed by atoms with Crippen LogP contribution >= 0.6 is 0 Å². The lowest BCUT2D eigenvalue weighted by atomic mass is 10.1. The highest BCUT2D eigenvalue weighted by molar-refractivity contribution is 5.99. The van der Waals surface area contributed by atoms with Gasteiger partial charge >= 0.3 is 5.97 Å². The molecule has 0 fully saturated rings. The molecule has 0 unspecified atom stereocenters. The van der Waals surface area contributed by atoms with Crippen LogP contribution in [0.15, 0.2) is 72.8 Å². The van der Waals surface area contributed by atoms with Crippen LogP contribution in [0.3, 0.4) is 0 Å². The first-order valence-corrected chi connectivity index (χ1v) is 9.27. The Bertz CT molecular complexity index is 1090. The van der Waals surface area contributed by atoms with Crippen LogP contribution in [0.4, 0.5) is 5.69 Å². The Morgan fingerprint density at radius 2 is 1.61 bits per heavy atom. The lowest BCUT2D eigenvalue weighted by molar-refractivity contribution is -0.384. The van der Waals surface area contributed by atoms with Crippen molar-refractivity contribution in [3.63, 3.8) is 0 Å². The first-order chi connectivity index (χ1) is 15.0. The van der Waals surface area contributed by atoms with Gasteiger partial charge in [0.2, 0.25) is 5.78 Å². The molecule has 0 heterocycles. The predicted octanol–water partition coefficient (Wildman–Crippen LogP) is 4.22. The molecule has 8 nitrogen and oxygen atoms in total. The number of nitro groups is 1. The lowest BCUT2D eigenvalue weighted by Gasteiger charge is -2.10. The number of esters is 1. The second kappa shape index (κ2) is 10.0. The molecule has 0 amide bonds. The fourth-order valence-electron chi connectivity index (χ4n) is 2.73. The molecule has 0 N–H and O–H groups in total. The fraction of sp³-hybridized carbons (Fsp3) is 0.130. The molecule has 0 aromatic heterocycles. The first-order valence-electron chi connectivity index (χ1n) is 9.27. The number of carbonyl (C=O) groups is 2. The van der Waals surface area contributed by atoms with Crippen LogP contribution in [-0.2, 0) is 11.3 Å². The third-order valence-corrected chi connectivity index (χ3v) is 4.37. The molecule has 0 aliphatic rings. The number of ketones is 1. The summed E-state index contributed by atoms with van der Waals surface area (Å²) < 4.78 is 16.0. The largest absolute Gasteiger partial charge is 0.493 e. The Balaban J connectivity index is 1.55. The number of ether oxygens (including phenoxy) is 3. The minimum atomic E-state index is -0.670. The van der Waals surface area contributed by atoms with Gasteiger partial charge in [-0.1, -0.05) is 36.4 Å². The van der Waals surface area contributed by atoms with E-state index in [0.29, 0.717) is 11.5 Å². The maximum atomic E-state index is 12.2. The van der Waals surface area contributed by atoms with Gasteiger partial charge in [0, 0.05) is 17.7 Å². The minimum Gasteiger partial charge on any atom is -0.493 e. The number of nitro benzene ring substituents is 1. The number of methoxy groups -OCH3 is 1. The van der Waals surface area contributed by atoms with E-state index in [9.17, 15) is 19.7 Å². The van der Waals surface area contributed by atoms with Crippen LogP contribution in [0.1, 0.15) is 26.3 Å². The molecule has 0 aliphatic carbocycles. The zero-order valence-electron chi connectivity index (χ0n) is 16.6. The van der Waals surface area contributed by atoms with E-state index in [1.165, 1.54) is 18.2 Å². The molecule has 0 aliphatic heterocycles. The molecule has 0 spiro atoms. The zero-order valence-corrected chi connectivity index (χ0v) is 16.6. The van der Waals surface area contributed by atoms with Crippen molar-refractivity contribution in [2.24, 2.45) is 0 Å². The van der Waals surface area contributed by atoms with E-state index in [2.05, 4.69) is 0 Å². The second-order valence-electron chi connectivity index (χ2n) is 6.44. The molecule has 3 aromatic rings. The zero-order chi connectivity index (χ0) is 22.2. The molecule has 158 valence electrons. The maximum absolute atomic E-state index is 12.2. The van der Waals surface area contributed by atoms with Crippen LogP contribution in [-0.4, -0.2) is 30.4 Å². The molecule has 31 heavy (non-hydrogen) atoms. The van der Waals surface area contributed by atoms with E-state index in [-0.39, 0.29) is 23.4 Å². The van der Waals surface area contributed by atoms with Gasteiger partial charge in [0.25, 0.3) is 5.69 Å². The summed E-state index contributed by atoms with van der Waals surface area (Å²) in [4.78, 5) is 34.6. The van der Waals surface area contributed by atoms with Crippen LogP contribution < -0.4 is 9.47 Å². The Morgan fingerprint density at radius 3 is 2.29 bits per heavy atom. The number of non-ortho nitro benzene ring substituents is 1. The Morgan fingerprint density at radius 1 is 0.903 bits per heavy atom. The van der Waals surface area contributed by atoms with Gasteiger partial charge in [0.1, 0.15) is 6.61 Å². The smallest absolute Gasteiger partial charge is 0.338 e. The van der Waals surface area contributed by atoms with Gasteiger partial charge in [0.05, 0.1) is 17.6 Å². The van der Waals surface area contributed by atoms with Gasteiger partial charge in [-0.15, -0.1) is 0 Å². The average Bonchev–Trinajstić information content (AvgIpc) is 2.81. The monoisotopic (exact) mass is 421 g/mol. The SMILES string of the molecule is COc1ccccc1OCc1ccc(C(=O)OCC(=O)c2cccc([N+](=O)[O-])c2)cc1. The Hall–Kier alpha value is -4.20. The summed E-state index contributed by atoms with van der Waals surface area (Å²) >= 11 is 0. The van der Waals surface area contributed by atoms with Crippen molar-refractivity contribution in [1.82, 2.24) is 0 Å².